The zero-order valence-corrected chi connectivity index (χ0v) is 11.5. The van der Waals surface area contributed by atoms with Crippen LogP contribution in [-0.4, -0.2) is 36.4 Å². The zero-order valence-electron chi connectivity index (χ0n) is 10.6. The van der Waals surface area contributed by atoms with Gasteiger partial charge in [-0.3, -0.25) is 0 Å². The average Bonchev–Trinajstić information content (AvgIpc) is 2.46. The summed E-state index contributed by atoms with van der Waals surface area (Å²) in [6, 6.07) is 0. The molecule has 0 amide bonds. The summed E-state index contributed by atoms with van der Waals surface area (Å²) in [5.74, 6) is 1.20. The van der Waals surface area contributed by atoms with Crippen LogP contribution in [0.2, 0.25) is 0 Å². The molecular weight excluding hydrogens is 250 g/mol. The van der Waals surface area contributed by atoms with Crippen molar-refractivity contribution in [3.63, 3.8) is 0 Å². The Kier molecular flexibility index (Phi) is 3.97. The Morgan fingerprint density at radius 3 is 2.67 bits per heavy atom. The third-order valence-corrected chi connectivity index (χ3v) is 4.92. The summed E-state index contributed by atoms with van der Waals surface area (Å²) < 4.78 is 23.3. The van der Waals surface area contributed by atoms with E-state index in [1.165, 1.54) is 0 Å². The topological polar surface area (TPSA) is 85.9 Å². The first-order valence-corrected chi connectivity index (χ1v) is 8.10. The van der Waals surface area contributed by atoms with Gasteiger partial charge < -0.3 is 5.73 Å². The fourth-order valence-corrected chi connectivity index (χ4v) is 3.46. The van der Waals surface area contributed by atoms with Crippen molar-refractivity contribution in [1.29, 1.82) is 0 Å². The van der Waals surface area contributed by atoms with Crippen LogP contribution in [0.15, 0.2) is 0 Å². The Morgan fingerprint density at radius 1 is 1.22 bits per heavy atom. The van der Waals surface area contributed by atoms with E-state index in [-0.39, 0.29) is 11.5 Å². The lowest BCUT2D eigenvalue weighted by atomic mass is 10.1. The van der Waals surface area contributed by atoms with Gasteiger partial charge in [-0.2, -0.15) is 0 Å². The molecule has 1 aromatic heterocycles. The predicted molar refractivity (Wildman–Crippen MR) is 70.2 cm³/mol. The number of aryl methyl sites for hydroxylation is 3. The van der Waals surface area contributed by atoms with Crippen molar-refractivity contribution >= 4 is 9.84 Å². The van der Waals surface area contributed by atoms with Crippen LogP contribution in [0.3, 0.4) is 0 Å². The van der Waals surface area contributed by atoms with Gasteiger partial charge in [0.15, 0.2) is 9.84 Å². The van der Waals surface area contributed by atoms with Crippen LogP contribution < -0.4 is 5.73 Å². The molecule has 0 saturated heterocycles. The van der Waals surface area contributed by atoms with Gasteiger partial charge in [0, 0.05) is 24.2 Å². The second-order valence-corrected chi connectivity index (χ2v) is 7.00. The Morgan fingerprint density at radius 2 is 1.94 bits per heavy atom. The molecule has 1 aromatic rings. The van der Waals surface area contributed by atoms with E-state index in [0.29, 0.717) is 19.4 Å². The maximum absolute atomic E-state index is 11.6. The van der Waals surface area contributed by atoms with E-state index in [1.54, 1.807) is 0 Å². The predicted octanol–water partition coefficient (Wildman–Crippen LogP) is 0.190. The van der Waals surface area contributed by atoms with Gasteiger partial charge in [-0.15, -0.1) is 0 Å². The number of nitrogens with zero attached hydrogens (tertiary/aromatic N) is 2. The molecule has 0 radical (unpaired) electrons. The molecular formula is C12H19N3O2S. The summed E-state index contributed by atoms with van der Waals surface area (Å²) in [4.78, 5) is 8.96. The molecule has 0 bridgehead atoms. The van der Waals surface area contributed by atoms with Crippen molar-refractivity contribution in [2.45, 2.75) is 32.6 Å². The Hall–Kier alpha value is -1.01. The van der Waals surface area contributed by atoms with Crippen LogP contribution in [0.1, 0.15) is 29.2 Å². The average molecular weight is 269 g/mol. The van der Waals surface area contributed by atoms with Crippen LogP contribution in [0.4, 0.5) is 0 Å². The van der Waals surface area contributed by atoms with E-state index in [2.05, 4.69) is 9.97 Å². The SMILES string of the molecule is Cc1nc(CCCN)nc2c1CCS(=O)(=O)CC2. The van der Waals surface area contributed by atoms with E-state index >= 15 is 0 Å². The number of nitrogens with two attached hydrogens (primary N) is 1. The minimum absolute atomic E-state index is 0.201. The highest BCUT2D eigenvalue weighted by Gasteiger charge is 2.21. The van der Waals surface area contributed by atoms with E-state index in [0.717, 1.165) is 35.6 Å². The molecule has 0 spiro atoms. The molecule has 2 heterocycles. The van der Waals surface area contributed by atoms with E-state index in [4.69, 9.17) is 5.73 Å². The van der Waals surface area contributed by atoms with Crippen LogP contribution in [-0.2, 0) is 29.1 Å². The summed E-state index contributed by atoms with van der Waals surface area (Å²) in [5, 5.41) is 0. The molecule has 0 saturated carbocycles. The maximum atomic E-state index is 11.6. The van der Waals surface area contributed by atoms with E-state index < -0.39 is 9.84 Å². The molecule has 6 heteroatoms. The van der Waals surface area contributed by atoms with Crippen molar-refractivity contribution in [3.8, 4) is 0 Å². The van der Waals surface area contributed by atoms with E-state index in [1.807, 2.05) is 6.92 Å². The van der Waals surface area contributed by atoms with Crippen molar-refractivity contribution in [2.75, 3.05) is 18.1 Å². The Bertz CT molecular complexity index is 540. The molecule has 0 unspecified atom stereocenters. The van der Waals surface area contributed by atoms with Crippen LogP contribution in [0.5, 0.6) is 0 Å². The highest BCUT2D eigenvalue weighted by molar-refractivity contribution is 7.91. The number of hydrogen-bond acceptors (Lipinski definition) is 5. The molecule has 0 aliphatic carbocycles. The highest BCUT2D eigenvalue weighted by Crippen LogP contribution is 2.18. The molecule has 2 N–H and O–H groups in total. The normalized spacial score (nSPS) is 18.1. The Balaban J connectivity index is 2.31. The molecule has 18 heavy (non-hydrogen) atoms. The second kappa shape index (κ2) is 5.32. The summed E-state index contributed by atoms with van der Waals surface area (Å²) in [6.45, 7) is 2.55. The molecule has 5 nitrogen and oxygen atoms in total. The highest BCUT2D eigenvalue weighted by atomic mass is 32.2. The largest absolute Gasteiger partial charge is 0.330 e. The summed E-state index contributed by atoms with van der Waals surface area (Å²) in [6.07, 6.45) is 2.67. The minimum Gasteiger partial charge on any atom is -0.330 e. The van der Waals surface area contributed by atoms with Crippen LogP contribution in [0.25, 0.3) is 0 Å². The smallest absolute Gasteiger partial charge is 0.151 e. The molecule has 0 aromatic carbocycles. The van der Waals surface area contributed by atoms with Gasteiger partial charge in [0.2, 0.25) is 0 Å². The third kappa shape index (κ3) is 3.05. The van der Waals surface area contributed by atoms with Crippen molar-refractivity contribution < 1.29 is 8.42 Å². The van der Waals surface area contributed by atoms with E-state index in [9.17, 15) is 8.42 Å². The first-order chi connectivity index (χ1) is 8.52. The third-order valence-electron chi connectivity index (χ3n) is 3.26. The van der Waals surface area contributed by atoms with Crippen LogP contribution in [0, 0.1) is 6.92 Å². The maximum Gasteiger partial charge on any atom is 0.151 e. The van der Waals surface area contributed by atoms with Gasteiger partial charge in [0.1, 0.15) is 5.82 Å². The van der Waals surface area contributed by atoms with Gasteiger partial charge >= 0.3 is 0 Å². The molecule has 1 aliphatic rings. The van der Waals surface area contributed by atoms with Gasteiger partial charge in [0.25, 0.3) is 0 Å². The number of fused-ring (bicyclic) bond motifs is 1. The molecule has 100 valence electrons. The molecule has 0 atom stereocenters. The zero-order chi connectivity index (χ0) is 13.2. The lowest BCUT2D eigenvalue weighted by Gasteiger charge is -2.09. The number of aromatic nitrogens is 2. The summed E-state index contributed by atoms with van der Waals surface area (Å²) >= 11 is 0. The lowest BCUT2D eigenvalue weighted by Crippen LogP contribution is -2.10. The fraction of sp³-hybridized carbons (Fsp3) is 0.667. The number of sulfone groups is 1. The van der Waals surface area contributed by atoms with Crippen molar-refractivity contribution in [1.82, 2.24) is 9.97 Å². The molecule has 0 fully saturated rings. The second-order valence-electron chi connectivity index (χ2n) is 4.69. The van der Waals surface area contributed by atoms with Gasteiger partial charge in [0.05, 0.1) is 11.5 Å². The molecule has 2 rings (SSSR count). The van der Waals surface area contributed by atoms with Crippen molar-refractivity contribution in [2.24, 2.45) is 5.73 Å². The van der Waals surface area contributed by atoms with Crippen molar-refractivity contribution in [3.05, 3.63) is 22.8 Å². The quantitative estimate of drug-likeness (QED) is 0.846. The van der Waals surface area contributed by atoms with Crippen LogP contribution >= 0.6 is 0 Å². The first-order valence-electron chi connectivity index (χ1n) is 6.27. The Labute approximate surface area is 108 Å². The monoisotopic (exact) mass is 269 g/mol. The number of hydrogen-bond donors (Lipinski definition) is 1. The van der Waals surface area contributed by atoms with Gasteiger partial charge in [-0.05, 0) is 31.9 Å². The lowest BCUT2D eigenvalue weighted by molar-refractivity contribution is 0.596. The minimum atomic E-state index is -2.92. The summed E-state index contributed by atoms with van der Waals surface area (Å²) in [5.41, 5.74) is 8.33. The summed E-state index contributed by atoms with van der Waals surface area (Å²) in [7, 11) is -2.92. The standard InChI is InChI=1S/C12H19N3O2S/c1-9-10-4-7-18(16,17)8-5-11(10)15-12(14-9)3-2-6-13/h2-8,13H2,1H3. The first kappa shape index (κ1) is 13.4. The number of rotatable bonds is 3. The van der Waals surface area contributed by atoms with Gasteiger partial charge in [-0.25, -0.2) is 18.4 Å². The van der Waals surface area contributed by atoms with Gasteiger partial charge in [-0.1, -0.05) is 0 Å². The fourth-order valence-electron chi connectivity index (χ4n) is 2.23. The molecule has 1 aliphatic heterocycles.